The number of carbonyl (C=O) groups is 1. The van der Waals surface area contributed by atoms with Crippen LogP contribution in [0.3, 0.4) is 0 Å². The van der Waals surface area contributed by atoms with Crippen LogP contribution in [0.4, 0.5) is 0 Å². The molecule has 2 aromatic heterocycles. The molecule has 0 atom stereocenters. The van der Waals surface area contributed by atoms with E-state index in [-0.39, 0.29) is 17.5 Å². The van der Waals surface area contributed by atoms with E-state index < -0.39 is 0 Å². The third kappa shape index (κ3) is 4.81. The van der Waals surface area contributed by atoms with Crippen LogP contribution in [-0.2, 0) is 11.2 Å². The van der Waals surface area contributed by atoms with Crippen LogP contribution in [0.25, 0.3) is 6.08 Å². The maximum atomic E-state index is 12.6. The molecule has 30 heavy (non-hydrogen) atoms. The number of aromatic nitrogens is 4. The molecule has 1 aliphatic rings. The monoisotopic (exact) mass is 408 g/mol. The fraction of sp³-hybridized carbons (Fsp3) is 0.565. The molecular weight excluding hydrogens is 376 g/mol. The standard InChI is InChI=1S/C23H32N6O/c1-16(2)28-15-26-27-22(28)10-11-25-23(30)20(14-24)13-19-12-17(3)29(18(19)4)21-8-6-5-7-9-21/h12-13,15-16,21H,5-11H2,1-4H3,(H,25,30)/b20-13+. The Morgan fingerprint density at radius 3 is 2.73 bits per heavy atom. The summed E-state index contributed by atoms with van der Waals surface area (Å²) in [6.45, 7) is 8.72. The molecule has 2 heterocycles. The van der Waals surface area contributed by atoms with E-state index in [2.05, 4.69) is 59.9 Å². The van der Waals surface area contributed by atoms with E-state index in [9.17, 15) is 10.1 Å². The molecule has 160 valence electrons. The van der Waals surface area contributed by atoms with Crippen LogP contribution < -0.4 is 5.32 Å². The Kier molecular flexibility index (Phi) is 7.09. The molecule has 0 unspecified atom stereocenters. The Balaban J connectivity index is 1.68. The van der Waals surface area contributed by atoms with Gasteiger partial charge in [0.05, 0.1) is 0 Å². The van der Waals surface area contributed by atoms with Crippen LogP contribution >= 0.6 is 0 Å². The van der Waals surface area contributed by atoms with Crippen molar-refractivity contribution in [2.75, 3.05) is 6.54 Å². The van der Waals surface area contributed by atoms with Gasteiger partial charge >= 0.3 is 0 Å². The highest BCUT2D eigenvalue weighted by molar-refractivity contribution is 6.01. The van der Waals surface area contributed by atoms with Crippen molar-refractivity contribution >= 4 is 12.0 Å². The van der Waals surface area contributed by atoms with Crippen LogP contribution in [0.15, 0.2) is 18.0 Å². The molecule has 1 amide bonds. The minimum Gasteiger partial charge on any atom is -0.351 e. The van der Waals surface area contributed by atoms with Gasteiger partial charge in [-0.05, 0) is 58.2 Å². The summed E-state index contributed by atoms with van der Waals surface area (Å²) < 4.78 is 4.37. The summed E-state index contributed by atoms with van der Waals surface area (Å²) in [5, 5.41) is 20.5. The second kappa shape index (κ2) is 9.75. The minimum absolute atomic E-state index is 0.129. The van der Waals surface area contributed by atoms with Crippen molar-refractivity contribution in [3.8, 4) is 6.07 Å². The van der Waals surface area contributed by atoms with E-state index >= 15 is 0 Å². The molecule has 0 aromatic carbocycles. The largest absolute Gasteiger partial charge is 0.351 e. The van der Waals surface area contributed by atoms with Gasteiger partial charge in [0, 0.05) is 36.4 Å². The predicted molar refractivity (Wildman–Crippen MR) is 117 cm³/mol. The highest BCUT2D eigenvalue weighted by atomic mass is 16.1. The first-order valence-electron chi connectivity index (χ1n) is 10.9. The molecule has 2 aromatic rings. The summed E-state index contributed by atoms with van der Waals surface area (Å²) in [6, 6.07) is 4.94. The van der Waals surface area contributed by atoms with Crippen LogP contribution in [0, 0.1) is 25.2 Å². The number of carbonyl (C=O) groups excluding carboxylic acids is 1. The van der Waals surface area contributed by atoms with Crippen molar-refractivity contribution in [3.63, 3.8) is 0 Å². The van der Waals surface area contributed by atoms with Crippen molar-refractivity contribution in [2.24, 2.45) is 0 Å². The molecule has 1 N–H and O–H groups in total. The molecule has 0 spiro atoms. The lowest BCUT2D eigenvalue weighted by Gasteiger charge is -2.26. The van der Waals surface area contributed by atoms with Crippen LogP contribution in [0.1, 0.15) is 80.8 Å². The van der Waals surface area contributed by atoms with Gasteiger partial charge in [-0.25, -0.2) is 0 Å². The molecule has 1 saturated carbocycles. The van der Waals surface area contributed by atoms with Crippen LogP contribution in [0.2, 0.25) is 0 Å². The van der Waals surface area contributed by atoms with E-state index in [1.54, 1.807) is 12.4 Å². The zero-order chi connectivity index (χ0) is 21.7. The number of amides is 1. The molecule has 1 fully saturated rings. The Labute approximate surface area is 178 Å². The van der Waals surface area contributed by atoms with Gasteiger partial charge in [-0.2, -0.15) is 5.26 Å². The van der Waals surface area contributed by atoms with Gasteiger partial charge in [-0.3, -0.25) is 4.79 Å². The fourth-order valence-corrected chi connectivity index (χ4v) is 4.41. The number of nitriles is 1. The predicted octanol–water partition coefficient (Wildman–Crippen LogP) is 4.05. The summed E-state index contributed by atoms with van der Waals surface area (Å²) in [6.07, 6.45) is 10.2. The maximum Gasteiger partial charge on any atom is 0.261 e. The van der Waals surface area contributed by atoms with Crippen molar-refractivity contribution < 1.29 is 4.79 Å². The molecule has 3 rings (SSSR count). The second-order valence-electron chi connectivity index (χ2n) is 8.41. The summed E-state index contributed by atoms with van der Waals surface area (Å²) in [4.78, 5) is 12.6. The van der Waals surface area contributed by atoms with Crippen molar-refractivity contribution in [3.05, 3.63) is 40.7 Å². The highest BCUT2D eigenvalue weighted by Crippen LogP contribution is 2.32. The number of nitrogens with zero attached hydrogens (tertiary/aromatic N) is 5. The first-order chi connectivity index (χ1) is 14.4. The Morgan fingerprint density at radius 1 is 1.33 bits per heavy atom. The zero-order valence-electron chi connectivity index (χ0n) is 18.5. The van der Waals surface area contributed by atoms with Crippen molar-refractivity contribution in [2.45, 2.75) is 78.3 Å². The Hall–Kier alpha value is -2.88. The topological polar surface area (TPSA) is 88.5 Å². The summed E-state index contributed by atoms with van der Waals surface area (Å²) in [5.74, 6) is 0.472. The number of nitrogens with one attached hydrogen (secondary N) is 1. The Bertz CT molecular complexity index is 953. The molecule has 1 aliphatic carbocycles. The van der Waals surface area contributed by atoms with Gasteiger partial charge in [0.1, 0.15) is 23.8 Å². The van der Waals surface area contributed by atoms with Gasteiger partial charge in [0.15, 0.2) is 0 Å². The summed E-state index contributed by atoms with van der Waals surface area (Å²) in [7, 11) is 0. The first-order valence-corrected chi connectivity index (χ1v) is 10.9. The summed E-state index contributed by atoms with van der Waals surface area (Å²) in [5.41, 5.74) is 3.40. The molecule has 7 heteroatoms. The minimum atomic E-state index is -0.351. The second-order valence-corrected chi connectivity index (χ2v) is 8.41. The summed E-state index contributed by atoms with van der Waals surface area (Å²) >= 11 is 0. The number of hydrogen-bond acceptors (Lipinski definition) is 4. The van der Waals surface area contributed by atoms with E-state index in [1.165, 1.54) is 37.8 Å². The average Bonchev–Trinajstić information content (AvgIpc) is 3.31. The molecular formula is C23H32N6O. The fourth-order valence-electron chi connectivity index (χ4n) is 4.41. The maximum absolute atomic E-state index is 12.6. The van der Waals surface area contributed by atoms with Gasteiger partial charge in [-0.1, -0.05) is 19.3 Å². The molecule has 0 radical (unpaired) electrons. The van der Waals surface area contributed by atoms with Gasteiger partial charge in [-0.15, -0.1) is 10.2 Å². The number of rotatable bonds is 7. The van der Waals surface area contributed by atoms with E-state index in [0.717, 1.165) is 17.1 Å². The SMILES string of the molecule is Cc1cc(/C=C(\C#N)C(=O)NCCc2nncn2C(C)C)c(C)n1C1CCCCC1. The average molecular weight is 409 g/mol. The van der Waals surface area contributed by atoms with Crippen LogP contribution in [0.5, 0.6) is 0 Å². The van der Waals surface area contributed by atoms with E-state index in [4.69, 9.17) is 0 Å². The van der Waals surface area contributed by atoms with Gasteiger partial charge < -0.3 is 14.5 Å². The van der Waals surface area contributed by atoms with Gasteiger partial charge in [0.25, 0.3) is 5.91 Å². The van der Waals surface area contributed by atoms with E-state index in [1.807, 2.05) is 4.57 Å². The molecule has 0 bridgehead atoms. The highest BCUT2D eigenvalue weighted by Gasteiger charge is 2.20. The lowest BCUT2D eigenvalue weighted by molar-refractivity contribution is -0.117. The number of aryl methyl sites for hydroxylation is 1. The zero-order valence-corrected chi connectivity index (χ0v) is 18.5. The molecule has 0 saturated heterocycles. The first kappa shape index (κ1) is 21.8. The smallest absolute Gasteiger partial charge is 0.261 e. The molecule has 7 nitrogen and oxygen atoms in total. The quantitative estimate of drug-likeness (QED) is 0.553. The third-order valence-corrected chi connectivity index (χ3v) is 5.97. The van der Waals surface area contributed by atoms with Gasteiger partial charge in [0.2, 0.25) is 0 Å². The Morgan fingerprint density at radius 2 is 2.07 bits per heavy atom. The lowest BCUT2D eigenvalue weighted by atomic mass is 9.95. The third-order valence-electron chi connectivity index (χ3n) is 5.97. The van der Waals surface area contributed by atoms with Crippen molar-refractivity contribution in [1.82, 2.24) is 24.6 Å². The number of hydrogen-bond donors (Lipinski definition) is 1. The lowest BCUT2D eigenvalue weighted by Crippen LogP contribution is -2.27. The van der Waals surface area contributed by atoms with E-state index in [0.29, 0.717) is 19.0 Å². The van der Waals surface area contributed by atoms with Crippen LogP contribution in [-0.4, -0.2) is 31.8 Å². The van der Waals surface area contributed by atoms with Crippen molar-refractivity contribution in [1.29, 1.82) is 5.26 Å². The molecule has 0 aliphatic heterocycles. The normalized spacial score (nSPS) is 15.4.